The Balaban J connectivity index is 0.00000256. The number of para-hydroxylation sites is 1. The highest BCUT2D eigenvalue weighted by Gasteiger charge is 2.34. The standard InChI is InChI=1S/C24H30N2O3.ClH/c27-24(16-19-14-21-9-10-22(15-19)25-21)26-20-6-4-5-18(13-20)17-28-11-12-29-23-7-2-1-3-8-23;/h1-8,13,19,21-22,25H,9-12,14-17H2,(H,26,27);1H. The van der Waals surface area contributed by atoms with Gasteiger partial charge in [0, 0.05) is 24.2 Å². The molecule has 2 unspecified atom stereocenters. The number of ether oxygens (including phenoxy) is 2. The van der Waals surface area contributed by atoms with E-state index < -0.39 is 0 Å². The molecule has 2 heterocycles. The Morgan fingerprint density at radius 3 is 2.53 bits per heavy atom. The van der Waals surface area contributed by atoms with Crippen molar-refractivity contribution in [1.29, 1.82) is 0 Å². The molecule has 2 fully saturated rings. The van der Waals surface area contributed by atoms with Crippen LogP contribution in [0.25, 0.3) is 0 Å². The summed E-state index contributed by atoms with van der Waals surface area (Å²) >= 11 is 0. The van der Waals surface area contributed by atoms with Gasteiger partial charge in [-0.25, -0.2) is 0 Å². The summed E-state index contributed by atoms with van der Waals surface area (Å²) in [5.41, 5.74) is 1.89. The number of carbonyl (C=O) groups excluding carboxylic acids is 1. The Bertz CT molecular complexity index is 790. The molecule has 162 valence electrons. The quantitative estimate of drug-likeness (QED) is 0.572. The fourth-order valence-electron chi connectivity index (χ4n) is 4.48. The normalized spacial score (nSPS) is 22.2. The molecule has 30 heavy (non-hydrogen) atoms. The molecule has 0 aliphatic carbocycles. The van der Waals surface area contributed by atoms with Gasteiger partial charge in [0.2, 0.25) is 5.91 Å². The number of nitrogens with one attached hydrogen (secondary N) is 2. The Kier molecular flexibility index (Phi) is 8.55. The minimum absolute atomic E-state index is 0. The van der Waals surface area contributed by atoms with Gasteiger partial charge in [0.25, 0.3) is 0 Å². The molecule has 2 saturated heterocycles. The summed E-state index contributed by atoms with van der Waals surface area (Å²) in [5.74, 6) is 1.47. The second kappa shape index (κ2) is 11.3. The molecule has 6 heteroatoms. The van der Waals surface area contributed by atoms with E-state index in [2.05, 4.69) is 10.6 Å². The van der Waals surface area contributed by atoms with Crippen LogP contribution in [-0.2, 0) is 16.1 Å². The molecule has 2 aromatic carbocycles. The summed E-state index contributed by atoms with van der Waals surface area (Å²) in [6.07, 6.45) is 5.40. The van der Waals surface area contributed by atoms with Gasteiger partial charge in [-0.05, 0) is 61.4 Å². The van der Waals surface area contributed by atoms with Crippen LogP contribution in [0.1, 0.15) is 37.7 Å². The van der Waals surface area contributed by atoms with E-state index in [1.807, 2.05) is 54.6 Å². The molecule has 2 atom stereocenters. The topological polar surface area (TPSA) is 59.6 Å². The summed E-state index contributed by atoms with van der Waals surface area (Å²) in [6.45, 7) is 1.53. The molecule has 2 N–H and O–H groups in total. The van der Waals surface area contributed by atoms with Crippen LogP contribution in [0.3, 0.4) is 0 Å². The van der Waals surface area contributed by atoms with Crippen molar-refractivity contribution in [2.45, 2.75) is 50.8 Å². The summed E-state index contributed by atoms with van der Waals surface area (Å²) in [5, 5.41) is 6.70. The highest BCUT2D eigenvalue weighted by Crippen LogP contribution is 2.32. The van der Waals surface area contributed by atoms with Gasteiger partial charge in [0.1, 0.15) is 12.4 Å². The highest BCUT2D eigenvalue weighted by molar-refractivity contribution is 5.90. The average Bonchev–Trinajstić information content (AvgIpc) is 3.07. The second-order valence-corrected chi connectivity index (χ2v) is 8.14. The Labute approximate surface area is 184 Å². The lowest BCUT2D eigenvalue weighted by molar-refractivity contribution is -0.117. The minimum atomic E-state index is 0. The largest absolute Gasteiger partial charge is 0.491 e. The van der Waals surface area contributed by atoms with Crippen LogP contribution in [0.15, 0.2) is 54.6 Å². The molecule has 0 radical (unpaired) electrons. The number of fused-ring (bicyclic) bond motifs is 2. The third-order valence-electron chi connectivity index (χ3n) is 5.76. The van der Waals surface area contributed by atoms with Gasteiger partial charge >= 0.3 is 0 Å². The number of hydrogen-bond donors (Lipinski definition) is 2. The van der Waals surface area contributed by atoms with E-state index in [-0.39, 0.29) is 18.3 Å². The van der Waals surface area contributed by atoms with E-state index in [0.29, 0.717) is 44.2 Å². The summed E-state index contributed by atoms with van der Waals surface area (Å²) < 4.78 is 11.3. The van der Waals surface area contributed by atoms with Gasteiger partial charge in [0.05, 0.1) is 13.2 Å². The molecule has 2 aliphatic heterocycles. The fourth-order valence-corrected chi connectivity index (χ4v) is 4.48. The van der Waals surface area contributed by atoms with Crippen LogP contribution in [-0.4, -0.2) is 31.2 Å². The minimum Gasteiger partial charge on any atom is -0.491 e. The predicted octanol–water partition coefficient (Wildman–Crippen LogP) is 4.56. The van der Waals surface area contributed by atoms with Crippen molar-refractivity contribution in [3.05, 3.63) is 60.2 Å². The second-order valence-electron chi connectivity index (χ2n) is 8.14. The molecular formula is C24H31ClN2O3. The van der Waals surface area contributed by atoms with Gasteiger partial charge < -0.3 is 20.1 Å². The Morgan fingerprint density at radius 1 is 1.00 bits per heavy atom. The molecule has 2 aliphatic rings. The number of hydrogen-bond acceptors (Lipinski definition) is 4. The van der Waals surface area contributed by atoms with Crippen LogP contribution < -0.4 is 15.4 Å². The number of benzene rings is 2. The molecule has 0 saturated carbocycles. The lowest BCUT2D eigenvalue weighted by atomic mass is 9.89. The number of piperidine rings is 1. The maximum atomic E-state index is 12.5. The molecule has 0 spiro atoms. The van der Waals surface area contributed by atoms with Crippen LogP contribution in [0, 0.1) is 5.92 Å². The summed E-state index contributed by atoms with van der Waals surface area (Å²) in [4.78, 5) is 12.5. The van der Waals surface area contributed by atoms with E-state index in [9.17, 15) is 4.79 Å². The van der Waals surface area contributed by atoms with Crippen molar-refractivity contribution in [1.82, 2.24) is 5.32 Å². The van der Waals surface area contributed by atoms with E-state index in [1.54, 1.807) is 0 Å². The summed E-state index contributed by atoms with van der Waals surface area (Å²) in [6, 6.07) is 18.9. The third-order valence-corrected chi connectivity index (χ3v) is 5.76. The fraction of sp³-hybridized carbons (Fsp3) is 0.458. The van der Waals surface area contributed by atoms with Gasteiger partial charge in [-0.15, -0.1) is 12.4 Å². The van der Waals surface area contributed by atoms with Crippen LogP contribution >= 0.6 is 12.4 Å². The van der Waals surface area contributed by atoms with Crippen LogP contribution in [0.5, 0.6) is 5.75 Å². The number of halogens is 1. The summed E-state index contributed by atoms with van der Waals surface area (Å²) in [7, 11) is 0. The first-order valence-electron chi connectivity index (χ1n) is 10.6. The van der Waals surface area contributed by atoms with E-state index in [0.717, 1.165) is 29.8 Å². The SMILES string of the molecule is Cl.O=C(CC1CC2CCC(C1)N2)Nc1cccc(COCCOc2ccccc2)c1. The molecule has 1 amide bonds. The van der Waals surface area contributed by atoms with Gasteiger partial charge in [0.15, 0.2) is 0 Å². The number of amides is 1. The molecular weight excluding hydrogens is 400 g/mol. The molecule has 0 aromatic heterocycles. The van der Waals surface area contributed by atoms with Gasteiger partial charge in [-0.1, -0.05) is 30.3 Å². The number of rotatable bonds is 9. The van der Waals surface area contributed by atoms with Crippen molar-refractivity contribution in [2.24, 2.45) is 5.92 Å². The van der Waals surface area contributed by atoms with Gasteiger partial charge in [-0.2, -0.15) is 0 Å². The molecule has 4 rings (SSSR count). The Hall–Kier alpha value is -2.08. The van der Waals surface area contributed by atoms with E-state index in [4.69, 9.17) is 9.47 Å². The smallest absolute Gasteiger partial charge is 0.224 e. The van der Waals surface area contributed by atoms with Crippen molar-refractivity contribution < 1.29 is 14.3 Å². The highest BCUT2D eigenvalue weighted by atomic mass is 35.5. The maximum absolute atomic E-state index is 12.5. The van der Waals surface area contributed by atoms with E-state index >= 15 is 0 Å². The lowest BCUT2D eigenvalue weighted by Gasteiger charge is -2.28. The molecule has 2 aromatic rings. The van der Waals surface area contributed by atoms with Crippen LogP contribution in [0.2, 0.25) is 0 Å². The van der Waals surface area contributed by atoms with E-state index in [1.165, 1.54) is 12.8 Å². The lowest BCUT2D eigenvalue weighted by Crippen LogP contribution is -2.39. The third kappa shape index (κ3) is 6.73. The van der Waals surface area contributed by atoms with Crippen molar-refractivity contribution in [2.75, 3.05) is 18.5 Å². The van der Waals surface area contributed by atoms with Crippen molar-refractivity contribution >= 4 is 24.0 Å². The average molecular weight is 431 g/mol. The molecule has 5 nitrogen and oxygen atoms in total. The van der Waals surface area contributed by atoms with Crippen LogP contribution in [0.4, 0.5) is 5.69 Å². The zero-order valence-corrected chi connectivity index (χ0v) is 18.0. The first-order chi connectivity index (χ1) is 14.2. The first kappa shape index (κ1) is 22.6. The number of anilines is 1. The zero-order valence-electron chi connectivity index (χ0n) is 17.2. The molecule has 2 bridgehead atoms. The Morgan fingerprint density at radius 2 is 1.77 bits per heavy atom. The zero-order chi connectivity index (χ0) is 19.9. The number of carbonyl (C=O) groups is 1. The monoisotopic (exact) mass is 430 g/mol. The van der Waals surface area contributed by atoms with Crippen molar-refractivity contribution in [3.63, 3.8) is 0 Å². The first-order valence-corrected chi connectivity index (χ1v) is 10.6. The van der Waals surface area contributed by atoms with Gasteiger partial charge in [-0.3, -0.25) is 4.79 Å². The van der Waals surface area contributed by atoms with Crippen molar-refractivity contribution in [3.8, 4) is 5.75 Å². The predicted molar refractivity (Wildman–Crippen MR) is 121 cm³/mol. The maximum Gasteiger partial charge on any atom is 0.224 e.